The van der Waals surface area contributed by atoms with Crippen molar-refractivity contribution in [2.45, 2.75) is 63.7 Å². The molecule has 1 fully saturated rings. The van der Waals surface area contributed by atoms with Crippen LogP contribution in [0.4, 0.5) is 0 Å². The van der Waals surface area contributed by atoms with E-state index in [9.17, 15) is 0 Å². The first-order valence-electron chi connectivity index (χ1n) is 5.91. The van der Waals surface area contributed by atoms with Crippen LogP contribution in [-0.2, 0) is 0 Å². The van der Waals surface area contributed by atoms with Crippen molar-refractivity contribution in [1.29, 1.82) is 0 Å². The SMILES string of the molecule is C[Si]1(C)C[Si](C)(C)[Si](C)(C)[Si](C)(C)C1. The van der Waals surface area contributed by atoms with E-state index in [4.69, 9.17) is 0 Å². The summed E-state index contributed by atoms with van der Waals surface area (Å²) in [5, 5.41) is 0. The van der Waals surface area contributed by atoms with Crippen molar-refractivity contribution in [2.24, 2.45) is 0 Å². The van der Waals surface area contributed by atoms with Crippen LogP contribution in [0.2, 0.25) is 63.7 Å². The molecule has 0 aromatic heterocycles. The van der Waals surface area contributed by atoms with Crippen LogP contribution in [-0.4, -0.2) is 30.4 Å². The minimum Gasteiger partial charge on any atom is -0.0731 e. The summed E-state index contributed by atoms with van der Waals surface area (Å²) in [5.74, 6) is 0. The fourth-order valence-electron chi connectivity index (χ4n) is 3.81. The molecule has 1 saturated heterocycles. The van der Waals surface area contributed by atoms with E-state index >= 15 is 0 Å². The van der Waals surface area contributed by atoms with Gasteiger partial charge in [-0.05, 0) is 0 Å². The van der Waals surface area contributed by atoms with E-state index < -0.39 is 30.4 Å². The fourth-order valence-corrected chi connectivity index (χ4v) is 73.3. The summed E-state index contributed by atoms with van der Waals surface area (Å²) in [4.78, 5) is 0. The molecule has 0 spiro atoms. The molecule has 0 N–H and O–H groups in total. The first-order valence-corrected chi connectivity index (χ1v) is 20.7. The summed E-state index contributed by atoms with van der Waals surface area (Å²) in [5.41, 5.74) is 3.44. The Bertz CT molecular complexity index is 219. The van der Waals surface area contributed by atoms with Crippen LogP contribution in [0.25, 0.3) is 0 Å². The van der Waals surface area contributed by atoms with Gasteiger partial charge in [0.05, 0.1) is 0 Å². The van der Waals surface area contributed by atoms with Gasteiger partial charge in [-0.15, -0.1) is 0 Å². The molecule has 1 aliphatic heterocycles. The van der Waals surface area contributed by atoms with Gasteiger partial charge in [-0.25, -0.2) is 0 Å². The second kappa shape index (κ2) is 3.18. The molecule has 0 aliphatic carbocycles. The smallest absolute Gasteiger partial charge is 0.0417 e. The Morgan fingerprint density at radius 2 is 0.857 bits per heavy atom. The van der Waals surface area contributed by atoms with Gasteiger partial charge < -0.3 is 0 Å². The van der Waals surface area contributed by atoms with Crippen molar-refractivity contribution in [3.63, 3.8) is 0 Å². The summed E-state index contributed by atoms with van der Waals surface area (Å²) >= 11 is 0. The molecule has 4 heteroatoms. The number of hydrogen-bond donors (Lipinski definition) is 0. The molecule has 84 valence electrons. The Morgan fingerprint density at radius 1 is 0.571 bits per heavy atom. The maximum atomic E-state index is 2.73. The Balaban J connectivity index is 3.13. The molecule has 0 atom stereocenters. The monoisotopic (exact) mass is 260 g/mol. The molecular formula is C10H28Si4. The highest BCUT2D eigenvalue weighted by Gasteiger charge is 2.58. The molecule has 0 saturated carbocycles. The van der Waals surface area contributed by atoms with Crippen LogP contribution in [0.15, 0.2) is 0 Å². The van der Waals surface area contributed by atoms with E-state index in [2.05, 4.69) is 52.4 Å². The van der Waals surface area contributed by atoms with Gasteiger partial charge in [-0.2, -0.15) is 0 Å². The average Bonchev–Trinajstić information content (AvgIpc) is 1.77. The minimum atomic E-state index is -0.827. The quantitative estimate of drug-likeness (QED) is 0.576. The third kappa shape index (κ3) is 1.90. The largest absolute Gasteiger partial charge is 0.0731 e. The highest BCUT2D eigenvalue weighted by atomic mass is 29.6. The van der Waals surface area contributed by atoms with Gasteiger partial charge in [0.2, 0.25) is 0 Å². The van der Waals surface area contributed by atoms with Gasteiger partial charge in [0.1, 0.15) is 0 Å². The number of hydrogen-bond acceptors (Lipinski definition) is 0. The lowest BCUT2D eigenvalue weighted by Crippen LogP contribution is -2.77. The van der Waals surface area contributed by atoms with Gasteiger partial charge in [0.15, 0.2) is 0 Å². The summed E-state index contributed by atoms with van der Waals surface area (Å²) in [7, 11) is -3.27. The molecule has 1 heterocycles. The molecule has 0 radical (unpaired) electrons. The molecule has 1 aliphatic rings. The summed E-state index contributed by atoms with van der Waals surface area (Å²) in [6.45, 7) is 21.6. The maximum Gasteiger partial charge on any atom is 0.0417 e. The average molecular weight is 261 g/mol. The first kappa shape index (κ1) is 12.9. The van der Waals surface area contributed by atoms with Crippen molar-refractivity contribution < 1.29 is 0 Å². The molecule has 0 unspecified atom stereocenters. The lowest BCUT2D eigenvalue weighted by molar-refractivity contribution is 1.45. The predicted molar refractivity (Wildman–Crippen MR) is 79.5 cm³/mol. The van der Waals surface area contributed by atoms with E-state index in [-0.39, 0.29) is 0 Å². The van der Waals surface area contributed by atoms with Gasteiger partial charge >= 0.3 is 0 Å². The molecule has 0 amide bonds. The molecule has 0 aromatic rings. The number of rotatable bonds is 0. The topological polar surface area (TPSA) is 0 Å². The molecular weight excluding hydrogens is 232 g/mol. The van der Waals surface area contributed by atoms with Crippen molar-refractivity contribution in [3.05, 3.63) is 0 Å². The standard InChI is InChI=1S/C10H28Si4/c1-11(2)9-12(3,4)14(7,8)13(5,6)10-11/h9-10H2,1-8H3. The fraction of sp³-hybridized carbons (Fsp3) is 1.00. The second-order valence-electron chi connectivity index (χ2n) is 7.91. The van der Waals surface area contributed by atoms with Gasteiger partial charge in [0, 0.05) is 30.4 Å². The zero-order valence-corrected chi connectivity index (χ0v) is 15.4. The molecule has 14 heavy (non-hydrogen) atoms. The van der Waals surface area contributed by atoms with E-state index in [1.54, 1.807) is 11.3 Å². The normalized spacial score (nSPS) is 32.6. The van der Waals surface area contributed by atoms with Gasteiger partial charge in [-0.3, -0.25) is 0 Å². The lowest BCUT2D eigenvalue weighted by atomic mass is 11.7. The first-order chi connectivity index (χ1) is 5.91. The van der Waals surface area contributed by atoms with Crippen LogP contribution in [0.1, 0.15) is 0 Å². The Morgan fingerprint density at radius 3 is 1.14 bits per heavy atom. The Hall–Kier alpha value is 0.868. The highest BCUT2D eigenvalue weighted by Crippen LogP contribution is 2.44. The summed E-state index contributed by atoms with van der Waals surface area (Å²) in [6, 6.07) is 0. The lowest BCUT2D eigenvalue weighted by Gasteiger charge is -2.57. The van der Waals surface area contributed by atoms with E-state index in [0.29, 0.717) is 0 Å². The minimum absolute atomic E-state index is 0.792. The van der Waals surface area contributed by atoms with Crippen LogP contribution < -0.4 is 0 Å². The third-order valence-corrected chi connectivity index (χ3v) is 62.4. The highest BCUT2D eigenvalue weighted by molar-refractivity contribution is 7.71. The zero-order chi connectivity index (χ0) is 11.4. The Kier molecular flexibility index (Phi) is 2.94. The van der Waals surface area contributed by atoms with E-state index in [1.165, 1.54) is 0 Å². The second-order valence-corrected chi connectivity index (χ2v) is 43.0. The van der Waals surface area contributed by atoms with Crippen molar-refractivity contribution in [1.82, 2.24) is 0 Å². The van der Waals surface area contributed by atoms with Gasteiger partial charge in [-0.1, -0.05) is 63.7 Å². The molecule has 0 nitrogen and oxygen atoms in total. The van der Waals surface area contributed by atoms with Gasteiger partial charge in [0.25, 0.3) is 0 Å². The third-order valence-electron chi connectivity index (χ3n) is 5.22. The van der Waals surface area contributed by atoms with Crippen LogP contribution in [0.5, 0.6) is 0 Å². The zero-order valence-electron chi connectivity index (χ0n) is 11.4. The maximum absolute atomic E-state index is 2.73. The summed E-state index contributed by atoms with van der Waals surface area (Å²) in [6.07, 6.45) is 0. The van der Waals surface area contributed by atoms with Crippen molar-refractivity contribution >= 4 is 30.4 Å². The van der Waals surface area contributed by atoms with E-state index in [0.717, 1.165) is 0 Å². The predicted octanol–water partition coefficient (Wildman–Crippen LogP) is 4.07. The molecule has 0 aromatic carbocycles. The van der Waals surface area contributed by atoms with Crippen molar-refractivity contribution in [3.8, 4) is 0 Å². The van der Waals surface area contributed by atoms with Crippen molar-refractivity contribution in [2.75, 3.05) is 0 Å². The van der Waals surface area contributed by atoms with E-state index in [1.807, 2.05) is 0 Å². The molecule has 1 rings (SSSR count). The van der Waals surface area contributed by atoms with Crippen LogP contribution >= 0.6 is 0 Å². The summed E-state index contributed by atoms with van der Waals surface area (Å²) < 4.78 is 0. The molecule has 0 bridgehead atoms. The van der Waals surface area contributed by atoms with Crippen LogP contribution in [0, 0.1) is 0 Å². The van der Waals surface area contributed by atoms with Crippen LogP contribution in [0.3, 0.4) is 0 Å². The Labute approximate surface area is 94.1 Å².